The molecule has 0 unspecified atom stereocenters. The van der Waals surface area contributed by atoms with E-state index in [4.69, 9.17) is 5.73 Å². The van der Waals surface area contributed by atoms with E-state index in [-0.39, 0.29) is 31.8 Å². The molecular formula is C33H54N8O11. The molecule has 19 heteroatoms. The predicted molar refractivity (Wildman–Crippen MR) is 182 cm³/mol. The molecule has 0 spiro atoms. The summed E-state index contributed by atoms with van der Waals surface area (Å²) in [6, 6.07) is -9.14. The van der Waals surface area contributed by atoms with Crippen molar-refractivity contribution in [3.8, 4) is 0 Å². The lowest BCUT2D eigenvalue weighted by Crippen LogP contribution is -2.61. The molecule has 0 aliphatic carbocycles. The van der Waals surface area contributed by atoms with Crippen LogP contribution in [-0.4, -0.2) is 158 Å². The van der Waals surface area contributed by atoms with Crippen molar-refractivity contribution in [2.75, 3.05) is 26.2 Å². The number of hydrogen-bond donors (Lipinski definition) is 8. The van der Waals surface area contributed by atoms with Gasteiger partial charge in [0, 0.05) is 19.6 Å². The van der Waals surface area contributed by atoms with Gasteiger partial charge in [0.15, 0.2) is 0 Å². The van der Waals surface area contributed by atoms with E-state index in [0.29, 0.717) is 32.2 Å². The van der Waals surface area contributed by atoms with Gasteiger partial charge in [-0.15, -0.1) is 0 Å². The minimum absolute atomic E-state index is 0.202. The second kappa shape index (κ2) is 18.4. The molecule has 0 aromatic heterocycles. The fraction of sp³-hybridized carbons (Fsp3) is 0.758. The van der Waals surface area contributed by atoms with Crippen molar-refractivity contribution in [2.45, 2.75) is 128 Å². The number of carboxylic acid groups (broad SMARTS) is 1. The maximum Gasteiger partial charge on any atom is 0.326 e. The molecule has 9 N–H and O–H groups in total. The predicted octanol–water partition coefficient (Wildman–Crippen LogP) is -3.62. The SMILES string of the molecule is CC(C)[C@H](NC(=O)[C@H](CO)NC(=O)[C@H](C)NC(=O)[C@@H](NC(=O)[C@@H]1CCCN1C(=O)[C@@H]1CCCN1C(=O)[C@H](C)N)[C@@H](C)O)C(=O)N1CCC[C@H]1C(=O)O. The second-order valence-corrected chi connectivity index (χ2v) is 14.1. The second-order valence-electron chi connectivity index (χ2n) is 14.1. The van der Waals surface area contributed by atoms with Crippen LogP contribution in [0.1, 0.15) is 73.1 Å². The number of carboxylic acids is 1. The van der Waals surface area contributed by atoms with Gasteiger partial charge in [0.05, 0.1) is 18.8 Å². The molecule has 7 amide bonds. The van der Waals surface area contributed by atoms with Crippen LogP contribution in [-0.2, 0) is 38.4 Å². The lowest BCUT2D eigenvalue weighted by molar-refractivity contribution is -0.150. The van der Waals surface area contributed by atoms with E-state index < -0.39 is 108 Å². The molecule has 3 rings (SSSR count). The fourth-order valence-electron chi connectivity index (χ4n) is 6.79. The molecule has 3 fully saturated rings. The van der Waals surface area contributed by atoms with Crippen LogP contribution < -0.4 is 27.0 Å². The summed E-state index contributed by atoms with van der Waals surface area (Å²) in [6.45, 7) is 7.30. The van der Waals surface area contributed by atoms with Gasteiger partial charge in [-0.2, -0.15) is 0 Å². The third-order valence-corrected chi connectivity index (χ3v) is 9.73. The average molecular weight is 739 g/mol. The Hall–Kier alpha value is -4.36. The van der Waals surface area contributed by atoms with E-state index in [1.54, 1.807) is 13.8 Å². The largest absolute Gasteiger partial charge is 0.480 e. The molecule has 0 aromatic carbocycles. The van der Waals surface area contributed by atoms with E-state index >= 15 is 0 Å². The third-order valence-electron chi connectivity index (χ3n) is 9.73. The van der Waals surface area contributed by atoms with E-state index in [0.717, 1.165) is 0 Å². The molecular weight excluding hydrogens is 684 g/mol. The number of carbonyl (C=O) groups excluding carboxylic acids is 7. The van der Waals surface area contributed by atoms with Gasteiger partial charge in [-0.1, -0.05) is 13.8 Å². The summed E-state index contributed by atoms with van der Waals surface area (Å²) >= 11 is 0. The zero-order chi connectivity index (χ0) is 39.0. The van der Waals surface area contributed by atoms with Gasteiger partial charge < -0.3 is 57.0 Å². The smallest absolute Gasteiger partial charge is 0.326 e. The highest BCUT2D eigenvalue weighted by Gasteiger charge is 2.44. The minimum atomic E-state index is -1.55. The number of nitrogens with one attached hydrogen (secondary N) is 4. The van der Waals surface area contributed by atoms with Gasteiger partial charge in [-0.25, -0.2) is 4.79 Å². The molecule has 52 heavy (non-hydrogen) atoms. The summed E-state index contributed by atoms with van der Waals surface area (Å²) in [6.07, 6.45) is 1.12. The molecule has 19 nitrogen and oxygen atoms in total. The van der Waals surface area contributed by atoms with Crippen molar-refractivity contribution in [1.82, 2.24) is 36.0 Å². The van der Waals surface area contributed by atoms with Gasteiger partial charge >= 0.3 is 5.97 Å². The fourth-order valence-corrected chi connectivity index (χ4v) is 6.79. The summed E-state index contributed by atoms with van der Waals surface area (Å²) in [7, 11) is 0. The summed E-state index contributed by atoms with van der Waals surface area (Å²) in [5.74, 6) is -6.48. The molecule has 3 aliphatic heterocycles. The zero-order valence-electron chi connectivity index (χ0n) is 30.4. The molecule has 292 valence electrons. The van der Waals surface area contributed by atoms with Gasteiger partial charge in [-0.3, -0.25) is 33.6 Å². The Morgan fingerprint density at radius 3 is 1.73 bits per heavy atom. The topological polar surface area (TPSA) is 281 Å². The van der Waals surface area contributed by atoms with Crippen LogP contribution >= 0.6 is 0 Å². The van der Waals surface area contributed by atoms with Crippen LogP contribution in [0.15, 0.2) is 0 Å². The summed E-state index contributed by atoms with van der Waals surface area (Å²) in [4.78, 5) is 108. The van der Waals surface area contributed by atoms with E-state index in [2.05, 4.69) is 21.3 Å². The first-order chi connectivity index (χ1) is 24.4. The number of nitrogens with two attached hydrogens (primary N) is 1. The van der Waals surface area contributed by atoms with Crippen LogP contribution in [0.25, 0.3) is 0 Å². The Morgan fingerprint density at radius 2 is 1.21 bits per heavy atom. The normalized spacial score (nSPS) is 23.6. The van der Waals surface area contributed by atoms with Crippen LogP contribution in [0.2, 0.25) is 0 Å². The van der Waals surface area contributed by atoms with Gasteiger partial charge in [0.2, 0.25) is 41.4 Å². The van der Waals surface area contributed by atoms with Crippen molar-refractivity contribution < 1.29 is 53.7 Å². The number of likely N-dealkylation sites (tertiary alicyclic amines) is 3. The number of aliphatic hydroxyl groups is 2. The maximum atomic E-state index is 13.5. The van der Waals surface area contributed by atoms with E-state index in [1.807, 2.05) is 0 Å². The van der Waals surface area contributed by atoms with Crippen molar-refractivity contribution in [3.63, 3.8) is 0 Å². The standard InChI is InChI=1S/C33H54N8O11/c1-16(2)24(32(50)41-14-8-11-23(41)33(51)52)37-27(45)20(15-42)36-26(44)18(4)35-29(47)25(19(5)43)38-28(46)21-9-6-12-39(21)31(49)22-10-7-13-40(22)30(48)17(3)34/h16-25,42-43H,6-15,34H2,1-5H3,(H,35,47)(H,36,44)(H,37,45)(H,38,46)(H,51,52)/t17-,18-,19+,20-,21-,22-,23-,24-,25-/m0/s1. The first-order valence-corrected chi connectivity index (χ1v) is 17.8. The molecule has 9 atom stereocenters. The first kappa shape index (κ1) is 42.1. The van der Waals surface area contributed by atoms with Crippen LogP contribution in [0.5, 0.6) is 0 Å². The van der Waals surface area contributed by atoms with Crippen LogP contribution in [0.3, 0.4) is 0 Å². The molecule has 0 bridgehead atoms. The molecule has 3 aliphatic rings. The minimum Gasteiger partial charge on any atom is -0.480 e. The lowest BCUT2D eigenvalue weighted by atomic mass is 10.0. The summed E-state index contributed by atoms with van der Waals surface area (Å²) in [5, 5.41) is 39.5. The highest BCUT2D eigenvalue weighted by molar-refractivity contribution is 5.98. The van der Waals surface area contributed by atoms with Crippen molar-refractivity contribution in [3.05, 3.63) is 0 Å². The number of aliphatic hydroxyl groups excluding tert-OH is 2. The number of nitrogens with zero attached hydrogens (tertiary/aromatic N) is 3. The van der Waals surface area contributed by atoms with Crippen LogP contribution in [0.4, 0.5) is 0 Å². The molecule has 3 saturated heterocycles. The molecule has 0 radical (unpaired) electrons. The zero-order valence-corrected chi connectivity index (χ0v) is 30.4. The Kier molecular flexibility index (Phi) is 14.9. The number of rotatable bonds is 15. The van der Waals surface area contributed by atoms with Gasteiger partial charge in [-0.05, 0) is 65.2 Å². The monoisotopic (exact) mass is 738 g/mol. The van der Waals surface area contributed by atoms with E-state index in [9.17, 15) is 53.7 Å². The number of carbonyl (C=O) groups is 8. The highest BCUT2D eigenvalue weighted by Crippen LogP contribution is 2.26. The number of amides is 7. The Balaban J connectivity index is 1.61. The highest BCUT2D eigenvalue weighted by atomic mass is 16.4. The van der Waals surface area contributed by atoms with Crippen molar-refractivity contribution in [1.29, 1.82) is 0 Å². The third kappa shape index (κ3) is 9.94. The summed E-state index contributed by atoms with van der Waals surface area (Å²) < 4.78 is 0. The number of hydrogen-bond acceptors (Lipinski definition) is 11. The molecule has 0 saturated carbocycles. The van der Waals surface area contributed by atoms with Gasteiger partial charge in [0.1, 0.15) is 42.3 Å². The number of aliphatic carboxylic acids is 1. The van der Waals surface area contributed by atoms with Gasteiger partial charge in [0.25, 0.3) is 0 Å². The lowest BCUT2D eigenvalue weighted by Gasteiger charge is -2.32. The Morgan fingerprint density at radius 1 is 0.673 bits per heavy atom. The quantitative estimate of drug-likeness (QED) is 0.0809. The maximum absolute atomic E-state index is 13.5. The Bertz CT molecular complexity index is 1370. The Labute approximate surface area is 302 Å². The van der Waals surface area contributed by atoms with Crippen LogP contribution in [0, 0.1) is 5.92 Å². The molecule has 0 aromatic rings. The van der Waals surface area contributed by atoms with E-state index in [1.165, 1.54) is 35.5 Å². The van der Waals surface area contributed by atoms with Crippen molar-refractivity contribution in [2.24, 2.45) is 11.7 Å². The van der Waals surface area contributed by atoms with Crippen molar-refractivity contribution >= 4 is 47.3 Å². The average Bonchev–Trinajstić information content (AvgIpc) is 3.88. The first-order valence-electron chi connectivity index (χ1n) is 17.8. The summed E-state index contributed by atoms with van der Waals surface area (Å²) in [5.41, 5.74) is 5.76. The molecule has 3 heterocycles.